The molecule has 1 aromatic rings. The first-order chi connectivity index (χ1) is 6.98. The van der Waals surface area contributed by atoms with Gasteiger partial charge in [0.2, 0.25) is 0 Å². The number of carboxylic acids is 1. The number of nitrogens with one attached hydrogen (secondary N) is 1. The van der Waals surface area contributed by atoms with Gasteiger partial charge >= 0.3 is 5.97 Å². The zero-order valence-electron chi connectivity index (χ0n) is 8.77. The van der Waals surface area contributed by atoms with Gasteiger partial charge in [0, 0.05) is 5.75 Å². The first-order valence-electron chi connectivity index (χ1n) is 4.33. The maximum atomic E-state index is 11.0. The fraction of sp³-hybridized carbons (Fsp3) is 0.625. The zero-order valence-corrected chi connectivity index (χ0v) is 10.4. The molecule has 0 aromatic carbocycles. The van der Waals surface area contributed by atoms with Gasteiger partial charge in [0.05, 0.1) is 0 Å². The van der Waals surface area contributed by atoms with Crippen molar-refractivity contribution in [3.8, 4) is 0 Å². The monoisotopic (exact) mass is 247 g/mol. The summed E-state index contributed by atoms with van der Waals surface area (Å²) in [6.07, 6.45) is 0. The number of thioether (sulfide) groups is 1. The third kappa shape index (κ3) is 3.15. The lowest BCUT2D eigenvalue weighted by Gasteiger charge is -2.22. The summed E-state index contributed by atoms with van der Waals surface area (Å²) in [5.74, 6) is 0.288. The van der Waals surface area contributed by atoms with Crippen molar-refractivity contribution < 1.29 is 9.90 Å². The molecule has 0 spiro atoms. The highest BCUT2D eigenvalue weighted by molar-refractivity contribution is 8.01. The van der Waals surface area contributed by atoms with Crippen molar-refractivity contribution in [2.45, 2.75) is 23.7 Å². The molecule has 1 aromatic heterocycles. The van der Waals surface area contributed by atoms with E-state index in [0.717, 1.165) is 10.2 Å². The Balaban J connectivity index is 2.59. The van der Waals surface area contributed by atoms with Gasteiger partial charge in [-0.15, -0.1) is 0 Å². The predicted octanol–water partition coefficient (Wildman–Crippen LogP) is 1.00. The predicted molar refractivity (Wildman–Crippen MR) is 60.5 cm³/mol. The number of carbonyl (C=O) groups is 1. The first kappa shape index (κ1) is 12.4. The Kier molecular flexibility index (Phi) is 4.06. The summed E-state index contributed by atoms with van der Waals surface area (Å²) in [5.41, 5.74) is -0.926. The minimum absolute atomic E-state index is 0.424. The summed E-state index contributed by atoms with van der Waals surface area (Å²) in [5, 5.41) is 11.8. The third-order valence-corrected chi connectivity index (χ3v) is 4.26. The maximum absolute atomic E-state index is 11.0. The summed E-state index contributed by atoms with van der Waals surface area (Å²) in [4.78, 5) is 15.1. The molecule has 84 valence electrons. The fourth-order valence-electron chi connectivity index (χ4n) is 0.784. The minimum Gasteiger partial charge on any atom is -0.480 e. The molecule has 0 bridgehead atoms. The average Bonchev–Trinajstić information content (AvgIpc) is 2.60. The molecule has 0 aliphatic carbocycles. The topological polar surface area (TPSA) is 75.1 Å². The number of aromatic nitrogens is 2. The van der Waals surface area contributed by atoms with E-state index in [9.17, 15) is 4.79 Å². The van der Waals surface area contributed by atoms with Crippen molar-refractivity contribution in [1.82, 2.24) is 14.7 Å². The normalized spacial score (nSPS) is 14.9. The fourth-order valence-corrected chi connectivity index (χ4v) is 2.58. The lowest BCUT2D eigenvalue weighted by Crippen LogP contribution is -2.49. The Morgan fingerprint density at radius 3 is 2.80 bits per heavy atom. The van der Waals surface area contributed by atoms with E-state index in [-0.39, 0.29) is 0 Å². The molecule has 7 heteroatoms. The second kappa shape index (κ2) is 4.91. The van der Waals surface area contributed by atoms with Crippen LogP contribution in [0.4, 0.5) is 0 Å². The second-order valence-electron chi connectivity index (χ2n) is 3.28. The van der Waals surface area contributed by atoms with Gasteiger partial charge in [0.1, 0.15) is 11.4 Å². The van der Waals surface area contributed by atoms with Crippen molar-refractivity contribution in [3.63, 3.8) is 0 Å². The van der Waals surface area contributed by atoms with Gasteiger partial charge in [-0.05, 0) is 32.4 Å². The number of nitrogens with zero attached hydrogens (tertiary/aromatic N) is 2. The first-order valence-corrected chi connectivity index (χ1v) is 6.09. The van der Waals surface area contributed by atoms with E-state index < -0.39 is 11.5 Å². The molecule has 0 radical (unpaired) electrons. The number of rotatable bonds is 5. The summed E-state index contributed by atoms with van der Waals surface area (Å²) < 4.78 is 4.83. The largest absolute Gasteiger partial charge is 0.480 e. The van der Waals surface area contributed by atoms with Crippen LogP contribution in [0, 0.1) is 6.92 Å². The van der Waals surface area contributed by atoms with Gasteiger partial charge in [0.15, 0.2) is 4.34 Å². The zero-order chi connectivity index (χ0) is 11.5. The molecule has 1 unspecified atom stereocenters. The Hall–Kier alpha value is -0.660. The smallest absolute Gasteiger partial charge is 0.324 e. The highest BCUT2D eigenvalue weighted by Gasteiger charge is 2.31. The molecular formula is C8H13N3O2S2. The summed E-state index contributed by atoms with van der Waals surface area (Å²) in [7, 11) is 1.64. The van der Waals surface area contributed by atoms with Crippen molar-refractivity contribution in [3.05, 3.63) is 5.82 Å². The van der Waals surface area contributed by atoms with Gasteiger partial charge in [-0.25, -0.2) is 4.98 Å². The number of carboxylic acid groups (broad SMARTS) is 1. The SMILES string of the molecule is CNC(C)(CSc1nc(C)ns1)C(=O)O. The van der Waals surface area contributed by atoms with Crippen molar-refractivity contribution in [2.24, 2.45) is 0 Å². The third-order valence-electron chi connectivity index (χ3n) is 2.02. The van der Waals surface area contributed by atoms with E-state index in [2.05, 4.69) is 14.7 Å². The van der Waals surface area contributed by atoms with Crippen LogP contribution in [-0.4, -0.2) is 38.8 Å². The quantitative estimate of drug-likeness (QED) is 0.756. The molecule has 15 heavy (non-hydrogen) atoms. The van der Waals surface area contributed by atoms with E-state index >= 15 is 0 Å². The molecular weight excluding hydrogens is 234 g/mol. The number of hydrogen-bond donors (Lipinski definition) is 2. The minimum atomic E-state index is -0.926. The van der Waals surface area contributed by atoms with E-state index in [1.165, 1.54) is 23.3 Å². The van der Waals surface area contributed by atoms with Crippen LogP contribution in [0.1, 0.15) is 12.7 Å². The summed E-state index contributed by atoms with van der Waals surface area (Å²) in [6, 6.07) is 0. The molecule has 0 saturated carbocycles. The molecule has 0 amide bonds. The molecule has 0 aliphatic heterocycles. The lowest BCUT2D eigenvalue weighted by atomic mass is 10.1. The Morgan fingerprint density at radius 2 is 2.40 bits per heavy atom. The molecule has 1 atom stereocenters. The van der Waals surface area contributed by atoms with Crippen LogP contribution in [0.2, 0.25) is 0 Å². The van der Waals surface area contributed by atoms with E-state index in [1.54, 1.807) is 14.0 Å². The molecule has 0 fully saturated rings. The summed E-state index contributed by atoms with van der Waals surface area (Å²) >= 11 is 2.70. The molecule has 2 N–H and O–H groups in total. The number of aryl methyl sites for hydroxylation is 1. The van der Waals surface area contributed by atoms with Crippen molar-refractivity contribution >= 4 is 29.3 Å². The number of likely N-dealkylation sites (N-methyl/N-ethyl adjacent to an activating group) is 1. The van der Waals surface area contributed by atoms with E-state index in [1.807, 2.05) is 6.92 Å². The summed E-state index contributed by atoms with van der Waals surface area (Å²) in [6.45, 7) is 3.46. The Morgan fingerprint density at radius 1 is 1.73 bits per heavy atom. The van der Waals surface area contributed by atoms with Gasteiger partial charge in [-0.1, -0.05) is 11.8 Å². The van der Waals surface area contributed by atoms with Gasteiger partial charge in [0.25, 0.3) is 0 Å². The highest BCUT2D eigenvalue weighted by atomic mass is 32.2. The van der Waals surface area contributed by atoms with Crippen LogP contribution in [-0.2, 0) is 4.79 Å². The van der Waals surface area contributed by atoms with Gasteiger partial charge in [-0.2, -0.15) is 4.37 Å². The molecule has 0 saturated heterocycles. The number of aliphatic carboxylic acids is 1. The van der Waals surface area contributed by atoms with Crippen LogP contribution in [0.3, 0.4) is 0 Å². The molecule has 5 nitrogen and oxygen atoms in total. The van der Waals surface area contributed by atoms with E-state index in [0.29, 0.717) is 5.75 Å². The number of hydrogen-bond acceptors (Lipinski definition) is 6. The van der Waals surface area contributed by atoms with Crippen LogP contribution in [0.15, 0.2) is 4.34 Å². The van der Waals surface area contributed by atoms with Gasteiger partial charge in [-0.3, -0.25) is 4.79 Å². The molecule has 1 heterocycles. The Bertz CT molecular complexity index is 355. The highest BCUT2D eigenvalue weighted by Crippen LogP contribution is 2.24. The lowest BCUT2D eigenvalue weighted by molar-refractivity contribution is -0.142. The van der Waals surface area contributed by atoms with Crippen LogP contribution in [0.5, 0.6) is 0 Å². The average molecular weight is 247 g/mol. The second-order valence-corrected chi connectivity index (χ2v) is 5.26. The molecule has 0 aliphatic rings. The van der Waals surface area contributed by atoms with E-state index in [4.69, 9.17) is 5.11 Å². The van der Waals surface area contributed by atoms with Gasteiger partial charge < -0.3 is 10.4 Å². The van der Waals surface area contributed by atoms with Crippen molar-refractivity contribution in [2.75, 3.05) is 12.8 Å². The maximum Gasteiger partial charge on any atom is 0.324 e. The molecule has 1 rings (SSSR count). The Labute approximate surface area is 96.5 Å². The standard InChI is InChI=1S/C8H13N3O2S2/c1-5-10-7(15-11-5)14-4-8(2,9-3)6(12)13/h9H,4H2,1-3H3,(H,12,13). The van der Waals surface area contributed by atoms with Crippen LogP contribution in [0.25, 0.3) is 0 Å². The van der Waals surface area contributed by atoms with Crippen LogP contribution >= 0.6 is 23.3 Å². The van der Waals surface area contributed by atoms with Crippen molar-refractivity contribution in [1.29, 1.82) is 0 Å². The van der Waals surface area contributed by atoms with Crippen LogP contribution < -0.4 is 5.32 Å².